The van der Waals surface area contributed by atoms with Crippen LogP contribution in [0.3, 0.4) is 0 Å². The molecule has 0 saturated heterocycles. The van der Waals surface area contributed by atoms with Gasteiger partial charge in [0.25, 0.3) is 0 Å². The molecule has 3 aromatic heterocycles. The molecule has 0 N–H and O–H groups in total. The van der Waals surface area contributed by atoms with Crippen LogP contribution in [-0.4, -0.2) is 19.1 Å². The summed E-state index contributed by atoms with van der Waals surface area (Å²) in [5.41, 5.74) is 18.0. The van der Waals surface area contributed by atoms with Crippen molar-refractivity contribution in [3.8, 4) is 33.6 Å². The maximum atomic E-state index is 4.68. The molecule has 0 aliphatic heterocycles. The summed E-state index contributed by atoms with van der Waals surface area (Å²) in [5, 5.41) is 3.63. The fourth-order valence-corrected chi connectivity index (χ4v) is 9.57. The topological polar surface area (TPSA) is 35.6 Å². The van der Waals surface area contributed by atoms with Crippen molar-refractivity contribution in [2.24, 2.45) is 0 Å². The van der Waals surface area contributed by atoms with Crippen LogP contribution in [-0.2, 0) is 5.41 Å². The molecule has 3 heterocycles. The number of aromatic nitrogens is 4. The normalized spacial score (nSPS) is 13.6. The quantitative estimate of drug-likeness (QED) is 0.187. The summed E-state index contributed by atoms with van der Waals surface area (Å²) >= 11 is 0. The van der Waals surface area contributed by atoms with Crippen LogP contribution >= 0.6 is 0 Å². The molecule has 0 atom stereocenters. The number of para-hydroxylation sites is 2. The van der Waals surface area contributed by atoms with E-state index in [1.807, 2.05) is 6.20 Å². The number of hydrogen-bond donors (Lipinski definition) is 0. The zero-order valence-electron chi connectivity index (χ0n) is 27.5. The SMILES string of the molecule is c1cc(-n2c3ccccc3c3cc4c(cc32)-c2ccccc2C42c3ccccc3-c3ccccc32)cc(-n2c3ccccc3c3ncncc32)c1. The van der Waals surface area contributed by atoms with Gasteiger partial charge in [-0.05, 0) is 87.0 Å². The van der Waals surface area contributed by atoms with E-state index in [1.165, 1.54) is 66.3 Å². The highest BCUT2D eigenvalue weighted by Gasteiger charge is 2.51. The lowest BCUT2D eigenvalue weighted by atomic mass is 9.70. The largest absolute Gasteiger partial charge is 0.309 e. The molecule has 10 aromatic rings. The van der Waals surface area contributed by atoms with Crippen molar-refractivity contribution in [2.75, 3.05) is 0 Å². The van der Waals surface area contributed by atoms with Crippen LogP contribution in [0.15, 0.2) is 170 Å². The highest BCUT2D eigenvalue weighted by atomic mass is 15.0. The third-order valence-corrected chi connectivity index (χ3v) is 11.5. The van der Waals surface area contributed by atoms with Gasteiger partial charge < -0.3 is 9.13 Å². The first kappa shape index (κ1) is 27.1. The zero-order chi connectivity index (χ0) is 33.3. The summed E-state index contributed by atoms with van der Waals surface area (Å²) in [6, 6.07) is 58.3. The fraction of sp³-hybridized carbons (Fsp3) is 0.0213. The van der Waals surface area contributed by atoms with Crippen LogP contribution in [0.2, 0.25) is 0 Å². The van der Waals surface area contributed by atoms with Gasteiger partial charge in [-0.1, -0.05) is 115 Å². The smallest absolute Gasteiger partial charge is 0.116 e. The highest BCUT2D eigenvalue weighted by Crippen LogP contribution is 2.63. The van der Waals surface area contributed by atoms with Gasteiger partial charge in [-0.2, -0.15) is 0 Å². The van der Waals surface area contributed by atoms with Crippen molar-refractivity contribution < 1.29 is 0 Å². The first-order valence-electron chi connectivity index (χ1n) is 17.5. The van der Waals surface area contributed by atoms with Gasteiger partial charge in [0.05, 0.1) is 39.2 Å². The van der Waals surface area contributed by atoms with Crippen LogP contribution in [0.1, 0.15) is 22.3 Å². The Kier molecular flexibility index (Phi) is 5.14. The molecule has 0 radical (unpaired) electrons. The van der Waals surface area contributed by atoms with Crippen LogP contribution in [0.4, 0.5) is 0 Å². The zero-order valence-corrected chi connectivity index (χ0v) is 27.5. The second-order valence-electron chi connectivity index (χ2n) is 13.8. The van der Waals surface area contributed by atoms with Crippen molar-refractivity contribution in [2.45, 2.75) is 5.41 Å². The molecular weight excluding hydrogens is 621 g/mol. The number of fused-ring (bicyclic) bond motifs is 16. The molecule has 0 amide bonds. The summed E-state index contributed by atoms with van der Waals surface area (Å²) in [6.07, 6.45) is 3.56. The predicted molar refractivity (Wildman–Crippen MR) is 207 cm³/mol. The molecule has 7 aromatic carbocycles. The Bertz CT molecular complexity index is 3010. The van der Waals surface area contributed by atoms with E-state index in [9.17, 15) is 0 Å². The molecule has 236 valence electrons. The number of nitrogens with zero attached hydrogens (tertiary/aromatic N) is 4. The van der Waals surface area contributed by atoms with Gasteiger partial charge in [-0.3, -0.25) is 0 Å². The number of benzene rings is 7. The minimum atomic E-state index is -0.380. The second kappa shape index (κ2) is 9.68. The number of rotatable bonds is 2. The Labute approximate surface area is 293 Å². The van der Waals surface area contributed by atoms with Crippen molar-refractivity contribution in [3.63, 3.8) is 0 Å². The Morgan fingerprint density at radius 1 is 0.392 bits per heavy atom. The molecule has 0 bridgehead atoms. The van der Waals surface area contributed by atoms with E-state index in [2.05, 4.69) is 177 Å². The lowest BCUT2D eigenvalue weighted by molar-refractivity contribution is 0.795. The molecule has 0 fully saturated rings. The lowest BCUT2D eigenvalue weighted by Gasteiger charge is -2.30. The summed E-state index contributed by atoms with van der Waals surface area (Å²) in [4.78, 5) is 9.10. The summed E-state index contributed by atoms with van der Waals surface area (Å²) < 4.78 is 4.73. The summed E-state index contributed by atoms with van der Waals surface area (Å²) in [6.45, 7) is 0. The van der Waals surface area contributed by atoms with E-state index < -0.39 is 0 Å². The molecule has 12 rings (SSSR count). The van der Waals surface area contributed by atoms with E-state index in [-0.39, 0.29) is 5.41 Å². The molecular formula is C47H28N4. The van der Waals surface area contributed by atoms with Gasteiger partial charge in [0.2, 0.25) is 0 Å². The summed E-state index contributed by atoms with van der Waals surface area (Å²) in [7, 11) is 0. The van der Waals surface area contributed by atoms with Crippen LogP contribution in [0.25, 0.3) is 77.4 Å². The second-order valence-corrected chi connectivity index (χ2v) is 13.8. The molecule has 0 saturated carbocycles. The summed E-state index contributed by atoms with van der Waals surface area (Å²) in [5.74, 6) is 0. The standard InChI is InChI=1S/C47H28N4/c1-6-19-38-31(14-1)32-15-2-7-20-39(32)47(38)40-21-8-3-16-33(40)36-26-44-37(25-41(36)47)34-17-4-9-22-42(34)50(44)29-12-11-13-30(24-29)51-43-23-10-5-18-35(43)46-45(51)27-48-28-49-46/h1-28H. The highest BCUT2D eigenvalue weighted by molar-refractivity contribution is 6.12. The van der Waals surface area contributed by atoms with Crippen molar-refractivity contribution in [3.05, 3.63) is 193 Å². The minimum absolute atomic E-state index is 0.380. The van der Waals surface area contributed by atoms with Gasteiger partial charge >= 0.3 is 0 Å². The Balaban J connectivity index is 1.17. The van der Waals surface area contributed by atoms with Crippen molar-refractivity contribution in [1.82, 2.24) is 19.1 Å². The molecule has 0 unspecified atom stereocenters. The van der Waals surface area contributed by atoms with Gasteiger partial charge in [-0.25, -0.2) is 9.97 Å². The van der Waals surface area contributed by atoms with Crippen LogP contribution in [0, 0.1) is 0 Å². The van der Waals surface area contributed by atoms with E-state index in [4.69, 9.17) is 0 Å². The van der Waals surface area contributed by atoms with Gasteiger partial charge in [0.1, 0.15) is 6.33 Å². The van der Waals surface area contributed by atoms with Crippen LogP contribution < -0.4 is 0 Å². The predicted octanol–water partition coefficient (Wildman–Crippen LogP) is 11.0. The third kappa shape index (κ3) is 3.30. The minimum Gasteiger partial charge on any atom is -0.309 e. The lowest BCUT2D eigenvalue weighted by Crippen LogP contribution is -2.25. The Morgan fingerprint density at radius 3 is 1.63 bits per heavy atom. The third-order valence-electron chi connectivity index (χ3n) is 11.5. The molecule has 2 aliphatic carbocycles. The van der Waals surface area contributed by atoms with Crippen LogP contribution in [0.5, 0.6) is 0 Å². The van der Waals surface area contributed by atoms with Gasteiger partial charge in [0.15, 0.2) is 0 Å². The number of hydrogen-bond acceptors (Lipinski definition) is 2. The first-order chi connectivity index (χ1) is 25.3. The molecule has 4 heteroatoms. The molecule has 2 aliphatic rings. The average Bonchev–Trinajstić information content (AvgIpc) is 3.89. The Morgan fingerprint density at radius 2 is 0.941 bits per heavy atom. The van der Waals surface area contributed by atoms with E-state index in [0.717, 1.165) is 33.3 Å². The van der Waals surface area contributed by atoms with Gasteiger partial charge in [-0.15, -0.1) is 0 Å². The molecule has 51 heavy (non-hydrogen) atoms. The van der Waals surface area contributed by atoms with E-state index in [0.29, 0.717) is 0 Å². The monoisotopic (exact) mass is 648 g/mol. The van der Waals surface area contributed by atoms with E-state index in [1.54, 1.807) is 6.33 Å². The fourth-order valence-electron chi connectivity index (χ4n) is 9.57. The maximum Gasteiger partial charge on any atom is 0.116 e. The molecule has 1 spiro atoms. The van der Waals surface area contributed by atoms with Gasteiger partial charge in [0, 0.05) is 27.5 Å². The Hall–Kier alpha value is -6.78. The maximum absolute atomic E-state index is 4.68. The van der Waals surface area contributed by atoms with E-state index >= 15 is 0 Å². The van der Waals surface area contributed by atoms with Crippen molar-refractivity contribution in [1.29, 1.82) is 0 Å². The molecule has 4 nitrogen and oxygen atoms in total. The average molecular weight is 649 g/mol. The van der Waals surface area contributed by atoms with Crippen molar-refractivity contribution >= 4 is 43.7 Å². The first-order valence-corrected chi connectivity index (χ1v) is 17.5.